The fraction of sp³-hybridized carbons (Fsp3) is 0.462. The number of rotatable bonds is 6. The number of nitrogens with two attached hydrogens (primary N) is 1. The van der Waals surface area contributed by atoms with Crippen molar-refractivity contribution >= 4 is 5.84 Å². The predicted octanol–water partition coefficient (Wildman–Crippen LogP) is 2.13. The van der Waals surface area contributed by atoms with Crippen LogP contribution in [0.15, 0.2) is 23.4 Å². The highest BCUT2D eigenvalue weighted by atomic mass is 16.6. The van der Waals surface area contributed by atoms with Gasteiger partial charge in [0.2, 0.25) is 0 Å². The number of methoxy groups -OCH3 is 1. The zero-order chi connectivity index (χ0) is 12.7. The van der Waals surface area contributed by atoms with E-state index >= 15 is 0 Å². The van der Waals surface area contributed by atoms with Gasteiger partial charge in [-0.2, -0.15) is 0 Å². The van der Waals surface area contributed by atoms with Gasteiger partial charge in [-0.15, -0.1) is 0 Å². The Bertz CT molecular complexity index is 369. The van der Waals surface area contributed by atoms with Crippen LogP contribution < -0.4 is 5.73 Å². The smallest absolute Gasteiger partial charge is 0.142 e. The lowest BCUT2D eigenvalue weighted by molar-refractivity contribution is 0.128. The lowest BCUT2D eigenvalue weighted by atomic mass is 10.1. The summed E-state index contributed by atoms with van der Waals surface area (Å²) >= 11 is 0. The Morgan fingerprint density at radius 2 is 1.88 bits per heavy atom. The molecule has 94 valence electrons. The van der Waals surface area contributed by atoms with Crippen molar-refractivity contribution in [1.29, 1.82) is 0 Å². The average Bonchev–Trinajstić information content (AvgIpc) is 2.25. The summed E-state index contributed by atoms with van der Waals surface area (Å²) in [6.45, 7) is 5.12. The van der Waals surface area contributed by atoms with E-state index in [1.807, 2.05) is 0 Å². The van der Waals surface area contributed by atoms with Gasteiger partial charge in [-0.25, -0.2) is 0 Å². The van der Waals surface area contributed by atoms with Gasteiger partial charge in [-0.3, -0.25) is 0 Å². The van der Waals surface area contributed by atoms with E-state index in [-0.39, 0.29) is 0 Å². The summed E-state index contributed by atoms with van der Waals surface area (Å²) in [4.78, 5) is 5.20. The van der Waals surface area contributed by atoms with Crippen molar-refractivity contribution in [2.45, 2.75) is 26.9 Å². The van der Waals surface area contributed by atoms with Crippen molar-refractivity contribution in [3.05, 3.63) is 34.9 Å². The molecular formula is C13H20N2O2. The van der Waals surface area contributed by atoms with Crippen LogP contribution in [0.1, 0.15) is 23.1 Å². The van der Waals surface area contributed by atoms with Gasteiger partial charge in [0.05, 0.1) is 6.61 Å². The molecule has 0 heterocycles. The van der Waals surface area contributed by atoms with Crippen LogP contribution in [0.3, 0.4) is 0 Å². The third kappa shape index (κ3) is 5.36. The zero-order valence-corrected chi connectivity index (χ0v) is 10.7. The first-order chi connectivity index (χ1) is 8.11. The van der Waals surface area contributed by atoms with Crippen molar-refractivity contribution < 1.29 is 9.57 Å². The molecule has 1 rings (SSSR count). The number of hydrogen-bond donors (Lipinski definition) is 1. The molecule has 0 spiro atoms. The second kappa shape index (κ2) is 6.91. The molecule has 0 aliphatic carbocycles. The molecule has 2 N–H and O–H groups in total. The van der Waals surface area contributed by atoms with Gasteiger partial charge in [-0.1, -0.05) is 34.5 Å². The number of benzene rings is 1. The molecule has 17 heavy (non-hydrogen) atoms. The van der Waals surface area contributed by atoms with E-state index in [1.54, 1.807) is 7.11 Å². The van der Waals surface area contributed by atoms with Gasteiger partial charge in [0.15, 0.2) is 0 Å². The molecule has 0 aromatic heterocycles. The molecule has 0 radical (unpaired) electrons. The topological polar surface area (TPSA) is 56.8 Å². The van der Waals surface area contributed by atoms with Crippen LogP contribution in [0.2, 0.25) is 0 Å². The molecule has 4 heteroatoms. The van der Waals surface area contributed by atoms with Gasteiger partial charge in [0.1, 0.15) is 12.4 Å². The van der Waals surface area contributed by atoms with E-state index in [4.69, 9.17) is 15.3 Å². The molecular weight excluding hydrogens is 216 g/mol. The first kappa shape index (κ1) is 13.5. The number of oxime groups is 1. The highest BCUT2D eigenvalue weighted by molar-refractivity contribution is 5.79. The molecule has 0 saturated heterocycles. The standard InChI is InChI=1S/C13H20N2O2/c1-10-6-11(2)8-12(7-10)9-17-15-13(14)4-5-16-3/h6-8H,4-5,9H2,1-3H3,(H2,14,15). The quantitative estimate of drug-likeness (QED) is 0.467. The monoisotopic (exact) mass is 236 g/mol. The molecule has 0 aliphatic rings. The summed E-state index contributed by atoms with van der Waals surface area (Å²) in [5.74, 6) is 0.455. The molecule has 0 fully saturated rings. The van der Waals surface area contributed by atoms with E-state index in [0.717, 1.165) is 5.56 Å². The van der Waals surface area contributed by atoms with Gasteiger partial charge in [0, 0.05) is 13.5 Å². The normalized spacial score (nSPS) is 11.6. The number of aryl methyl sites for hydroxylation is 2. The van der Waals surface area contributed by atoms with E-state index in [0.29, 0.717) is 25.5 Å². The van der Waals surface area contributed by atoms with Crippen LogP contribution in [-0.2, 0) is 16.2 Å². The highest BCUT2D eigenvalue weighted by Gasteiger charge is 1.97. The van der Waals surface area contributed by atoms with Crippen LogP contribution in [0, 0.1) is 13.8 Å². The zero-order valence-electron chi connectivity index (χ0n) is 10.7. The van der Waals surface area contributed by atoms with E-state index in [9.17, 15) is 0 Å². The van der Waals surface area contributed by atoms with Crippen molar-refractivity contribution in [3.63, 3.8) is 0 Å². The Morgan fingerprint density at radius 1 is 1.24 bits per heavy atom. The molecule has 0 saturated carbocycles. The molecule has 0 amide bonds. The minimum absolute atomic E-state index is 0.441. The maximum Gasteiger partial charge on any atom is 0.142 e. The fourth-order valence-electron chi connectivity index (χ4n) is 1.59. The number of amidine groups is 1. The number of hydrogen-bond acceptors (Lipinski definition) is 3. The summed E-state index contributed by atoms with van der Waals surface area (Å²) < 4.78 is 4.89. The van der Waals surface area contributed by atoms with E-state index < -0.39 is 0 Å². The van der Waals surface area contributed by atoms with E-state index in [2.05, 4.69) is 37.2 Å². The average molecular weight is 236 g/mol. The second-order valence-electron chi connectivity index (χ2n) is 4.09. The molecule has 0 atom stereocenters. The second-order valence-corrected chi connectivity index (χ2v) is 4.09. The van der Waals surface area contributed by atoms with Gasteiger partial charge in [-0.05, 0) is 19.4 Å². The van der Waals surface area contributed by atoms with E-state index in [1.165, 1.54) is 11.1 Å². The third-order valence-corrected chi connectivity index (χ3v) is 2.26. The van der Waals surface area contributed by atoms with Gasteiger partial charge in [0.25, 0.3) is 0 Å². The molecule has 4 nitrogen and oxygen atoms in total. The number of ether oxygens (including phenoxy) is 1. The first-order valence-electron chi connectivity index (χ1n) is 5.62. The third-order valence-electron chi connectivity index (χ3n) is 2.26. The molecule has 0 unspecified atom stereocenters. The minimum Gasteiger partial charge on any atom is -0.390 e. The Labute approximate surface area is 102 Å². The SMILES string of the molecule is COCC/C(N)=N/OCc1cc(C)cc(C)c1. The van der Waals surface area contributed by atoms with Gasteiger partial charge < -0.3 is 15.3 Å². The highest BCUT2D eigenvalue weighted by Crippen LogP contribution is 2.09. The molecule has 1 aromatic carbocycles. The van der Waals surface area contributed by atoms with Crippen molar-refractivity contribution in [2.24, 2.45) is 10.9 Å². The van der Waals surface area contributed by atoms with Crippen LogP contribution in [0.4, 0.5) is 0 Å². The fourth-order valence-corrected chi connectivity index (χ4v) is 1.59. The van der Waals surface area contributed by atoms with Crippen molar-refractivity contribution in [2.75, 3.05) is 13.7 Å². The van der Waals surface area contributed by atoms with Crippen LogP contribution in [0.25, 0.3) is 0 Å². The summed E-state index contributed by atoms with van der Waals surface area (Å²) in [7, 11) is 1.63. The Balaban J connectivity index is 2.44. The molecule has 1 aromatic rings. The van der Waals surface area contributed by atoms with Crippen LogP contribution in [-0.4, -0.2) is 19.6 Å². The first-order valence-corrected chi connectivity index (χ1v) is 5.62. The van der Waals surface area contributed by atoms with Crippen molar-refractivity contribution in [1.82, 2.24) is 0 Å². The Hall–Kier alpha value is -1.55. The maximum absolute atomic E-state index is 5.63. The molecule has 0 bridgehead atoms. The molecule has 0 aliphatic heterocycles. The predicted molar refractivity (Wildman–Crippen MR) is 68.8 cm³/mol. The summed E-state index contributed by atoms with van der Waals surface area (Å²) in [6.07, 6.45) is 0.587. The Morgan fingerprint density at radius 3 is 2.47 bits per heavy atom. The Kier molecular flexibility index (Phi) is 5.49. The van der Waals surface area contributed by atoms with Crippen LogP contribution in [0.5, 0.6) is 0 Å². The van der Waals surface area contributed by atoms with Crippen LogP contribution >= 0.6 is 0 Å². The summed E-state index contributed by atoms with van der Waals surface area (Å²) in [5.41, 5.74) is 9.18. The lowest BCUT2D eigenvalue weighted by Gasteiger charge is -2.04. The maximum atomic E-state index is 5.63. The van der Waals surface area contributed by atoms with Gasteiger partial charge >= 0.3 is 0 Å². The summed E-state index contributed by atoms with van der Waals surface area (Å²) in [6, 6.07) is 6.28. The largest absolute Gasteiger partial charge is 0.390 e. The van der Waals surface area contributed by atoms with Crippen molar-refractivity contribution in [3.8, 4) is 0 Å². The minimum atomic E-state index is 0.441. The lowest BCUT2D eigenvalue weighted by Crippen LogP contribution is -2.14. The summed E-state index contributed by atoms with van der Waals surface area (Å²) in [5, 5.41) is 3.83. The number of nitrogens with zero attached hydrogens (tertiary/aromatic N) is 1.